The molecule has 2 rings (SSSR count). The van der Waals surface area contributed by atoms with Gasteiger partial charge in [0.2, 0.25) is 0 Å². The fourth-order valence-corrected chi connectivity index (χ4v) is 1.72. The maximum atomic E-state index is 10.6. The number of carbonyl (C=O) groups is 1. The van der Waals surface area contributed by atoms with E-state index in [1.165, 1.54) is 0 Å². The minimum absolute atomic E-state index is 0.679. The summed E-state index contributed by atoms with van der Waals surface area (Å²) in [7, 11) is 0. The van der Waals surface area contributed by atoms with Crippen LogP contribution in [0.4, 0.5) is 0 Å². The van der Waals surface area contributed by atoms with Gasteiger partial charge < -0.3 is 4.74 Å². The second-order valence-electron chi connectivity index (χ2n) is 4.12. The summed E-state index contributed by atoms with van der Waals surface area (Å²) in [4.78, 5) is 10.6. The van der Waals surface area contributed by atoms with Gasteiger partial charge in [0.25, 0.3) is 0 Å². The first-order valence-corrected chi connectivity index (χ1v) is 6.28. The molecule has 19 heavy (non-hydrogen) atoms. The monoisotopic (exact) mass is 252 g/mol. The highest BCUT2D eigenvalue weighted by atomic mass is 16.5. The van der Waals surface area contributed by atoms with E-state index in [0.29, 0.717) is 12.2 Å². The highest BCUT2D eigenvalue weighted by Gasteiger charge is 1.92. The van der Waals surface area contributed by atoms with E-state index in [4.69, 9.17) is 4.74 Å². The lowest BCUT2D eigenvalue weighted by Gasteiger charge is -2.02. The van der Waals surface area contributed by atoms with Crippen molar-refractivity contribution in [1.29, 1.82) is 0 Å². The molecule has 0 aliphatic heterocycles. The van der Waals surface area contributed by atoms with Gasteiger partial charge in [0.15, 0.2) is 0 Å². The van der Waals surface area contributed by atoms with Crippen molar-refractivity contribution in [3.63, 3.8) is 0 Å². The van der Waals surface area contributed by atoms with Crippen molar-refractivity contribution in [1.82, 2.24) is 0 Å². The van der Waals surface area contributed by atoms with Crippen molar-refractivity contribution in [3.8, 4) is 5.75 Å². The van der Waals surface area contributed by atoms with Crippen LogP contribution in [0.25, 0.3) is 12.2 Å². The van der Waals surface area contributed by atoms with E-state index in [9.17, 15) is 4.79 Å². The molecule has 0 aromatic heterocycles. The molecule has 2 aromatic rings. The van der Waals surface area contributed by atoms with Crippen LogP contribution >= 0.6 is 0 Å². The Bertz CT molecular complexity index is 551. The lowest BCUT2D eigenvalue weighted by atomic mass is 10.1. The fourth-order valence-electron chi connectivity index (χ4n) is 1.72. The molecule has 0 spiro atoms. The largest absolute Gasteiger partial charge is 0.494 e. The molecule has 0 fully saturated rings. The van der Waals surface area contributed by atoms with E-state index >= 15 is 0 Å². The van der Waals surface area contributed by atoms with Crippen LogP contribution in [0.3, 0.4) is 0 Å². The molecular weight excluding hydrogens is 236 g/mol. The molecule has 0 N–H and O–H groups in total. The van der Waals surface area contributed by atoms with E-state index in [1.807, 2.05) is 67.6 Å². The van der Waals surface area contributed by atoms with Gasteiger partial charge >= 0.3 is 0 Å². The van der Waals surface area contributed by atoms with Gasteiger partial charge in [0.1, 0.15) is 12.0 Å². The topological polar surface area (TPSA) is 26.3 Å². The van der Waals surface area contributed by atoms with Gasteiger partial charge in [-0.1, -0.05) is 48.6 Å². The van der Waals surface area contributed by atoms with Crippen molar-refractivity contribution in [2.75, 3.05) is 6.61 Å². The van der Waals surface area contributed by atoms with Crippen LogP contribution in [0.15, 0.2) is 48.5 Å². The van der Waals surface area contributed by atoms with Gasteiger partial charge in [0, 0.05) is 5.56 Å². The number of benzene rings is 2. The van der Waals surface area contributed by atoms with Crippen LogP contribution in [0, 0.1) is 0 Å². The summed E-state index contributed by atoms with van der Waals surface area (Å²) in [6.45, 7) is 2.65. The third-order valence-corrected chi connectivity index (χ3v) is 2.73. The molecule has 0 saturated heterocycles. The number of hydrogen-bond acceptors (Lipinski definition) is 2. The smallest absolute Gasteiger partial charge is 0.150 e. The predicted octanol–water partition coefficient (Wildman–Crippen LogP) is 4.07. The summed E-state index contributed by atoms with van der Waals surface area (Å²) in [5.41, 5.74) is 2.88. The molecule has 2 aromatic carbocycles. The average Bonchev–Trinajstić information content (AvgIpc) is 2.47. The van der Waals surface area contributed by atoms with Gasteiger partial charge in [-0.15, -0.1) is 0 Å². The van der Waals surface area contributed by atoms with E-state index in [0.717, 1.165) is 23.2 Å². The Labute approximate surface area is 113 Å². The van der Waals surface area contributed by atoms with E-state index in [2.05, 4.69) is 0 Å². The van der Waals surface area contributed by atoms with Gasteiger partial charge in [0.05, 0.1) is 6.61 Å². The van der Waals surface area contributed by atoms with Crippen molar-refractivity contribution >= 4 is 18.4 Å². The number of hydrogen-bond donors (Lipinski definition) is 0. The standard InChI is InChI=1S/C17H16O2/c1-2-19-17-11-9-15(10-12-17)4-3-14-5-7-16(13-18)8-6-14/h3-13H,2H2,1H3. The van der Waals surface area contributed by atoms with Gasteiger partial charge in [-0.2, -0.15) is 0 Å². The van der Waals surface area contributed by atoms with Gasteiger partial charge in [-0.3, -0.25) is 4.79 Å². The second-order valence-corrected chi connectivity index (χ2v) is 4.12. The maximum absolute atomic E-state index is 10.6. The molecular formula is C17H16O2. The molecule has 0 radical (unpaired) electrons. The molecule has 2 heteroatoms. The number of aldehydes is 1. The Morgan fingerprint density at radius 1 is 0.842 bits per heavy atom. The second kappa shape index (κ2) is 6.55. The summed E-state index contributed by atoms with van der Waals surface area (Å²) in [6.07, 6.45) is 4.90. The minimum Gasteiger partial charge on any atom is -0.494 e. The maximum Gasteiger partial charge on any atom is 0.150 e. The summed E-state index contributed by atoms with van der Waals surface area (Å²) in [6, 6.07) is 15.4. The molecule has 0 heterocycles. The van der Waals surface area contributed by atoms with Crippen LogP contribution in [-0.4, -0.2) is 12.9 Å². The van der Waals surface area contributed by atoms with Crippen molar-refractivity contribution < 1.29 is 9.53 Å². The molecule has 0 unspecified atom stereocenters. The van der Waals surface area contributed by atoms with Crippen LogP contribution in [-0.2, 0) is 0 Å². The van der Waals surface area contributed by atoms with Crippen LogP contribution in [0.2, 0.25) is 0 Å². The predicted molar refractivity (Wildman–Crippen MR) is 78.4 cm³/mol. The summed E-state index contributed by atoms with van der Waals surface area (Å²) >= 11 is 0. The number of carbonyl (C=O) groups excluding carboxylic acids is 1. The zero-order chi connectivity index (χ0) is 13.5. The first kappa shape index (κ1) is 13.1. The molecule has 2 nitrogen and oxygen atoms in total. The van der Waals surface area contributed by atoms with Crippen molar-refractivity contribution in [2.24, 2.45) is 0 Å². The highest BCUT2D eigenvalue weighted by molar-refractivity contribution is 5.76. The minimum atomic E-state index is 0.679. The zero-order valence-electron chi connectivity index (χ0n) is 10.9. The molecule has 0 bridgehead atoms. The molecule has 0 aliphatic rings. The molecule has 0 amide bonds. The van der Waals surface area contributed by atoms with E-state index < -0.39 is 0 Å². The Morgan fingerprint density at radius 3 is 1.79 bits per heavy atom. The Balaban J connectivity index is 2.06. The third-order valence-electron chi connectivity index (χ3n) is 2.73. The first-order valence-electron chi connectivity index (χ1n) is 6.28. The number of ether oxygens (including phenoxy) is 1. The fraction of sp³-hybridized carbons (Fsp3) is 0.118. The Hall–Kier alpha value is -2.35. The van der Waals surface area contributed by atoms with E-state index in [-0.39, 0.29) is 0 Å². The van der Waals surface area contributed by atoms with E-state index in [1.54, 1.807) is 0 Å². The van der Waals surface area contributed by atoms with Crippen molar-refractivity contribution in [2.45, 2.75) is 6.92 Å². The summed E-state index contributed by atoms with van der Waals surface area (Å²) in [5, 5.41) is 0. The summed E-state index contributed by atoms with van der Waals surface area (Å²) in [5.74, 6) is 0.884. The Morgan fingerprint density at radius 2 is 1.32 bits per heavy atom. The average molecular weight is 252 g/mol. The normalized spacial score (nSPS) is 10.6. The highest BCUT2D eigenvalue weighted by Crippen LogP contribution is 2.14. The molecule has 0 aliphatic carbocycles. The quantitative estimate of drug-likeness (QED) is 0.592. The van der Waals surface area contributed by atoms with Crippen LogP contribution < -0.4 is 4.74 Å². The third kappa shape index (κ3) is 3.81. The summed E-state index contributed by atoms with van der Waals surface area (Å²) < 4.78 is 5.39. The van der Waals surface area contributed by atoms with Gasteiger partial charge in [-0.05, 0) is 30.2 Å². The molecule has 96 valence electrons. The molecule has 0 saturated carbocycles. The Kier molecular flexibility index (Phi) is 4.51. The van der Waals surface area contributed by atoms with Crippen molar-refractivity contribution in [3.05, 3.63) is 65.2 Å². The first-order chi connectivity index (χ1) is 9.31. The van der Waals surface area contributed by atoms with Crippen LogP contribution in [0.1, 0.15) is 28.4 Å². The number of rotatable bonds is 5. The lowest BCUT2D eigenvalue weighted by molar-refractivity contribution is 0.112. The van der Waals surface area contributed by atoms with Crippen LogP contribution in [0.5, 0.6) is 5.75 Å². The lowest BCUT2D eigenvalue weighted by Crippen LogP contribution is -1.90. The molecule has 0 atom stereocenters. The zero-order valence-corrected chi connectivity index (χ0v) is 10.9. The SMILES string of the molecule is CCOc1ccc(C=Cc2ccc(C=O)cc2)cc1. The van der Waals surface area contributed by atoms with Gasteiger partial charge in [-0.25, -0.2) is 0 Å².